The minimum atomic E-state index is 0.0825. The molecule has 1 aliphatic heterocycles. The Labute approximate surface area is 114 Å². The Morgan fingerprint density at radius 3 is 3.00 bits per heavy atom. The standard InChI is InChI=1S/C14H21ClN2O/c1-10-7-13(15)4-3-12(10)8-17-5-6-18-14(9-17)11(2)16/h3-4,7,11,14H,5-6,8-9,16H2,1-2H3. The Morgan fingerprint density at radius 2 is 2.33 bits per heavy atom. The summed E-state index contributed by atoms with van der Waals surface area (Å²) in [6, 6.07) is 6.15. The van der Waals surface area contributed by atoms with Gasteiger partial charge in [-0.15, -0.1) is 0 Å². The molecule has 1 aromatic carbocycles. The van der Waals surface area contributed by atoms with Crippen molar-refractivity contribution in [3.05, 3.63) is 34.3 Å². The lowest BCUT2D eigenvalue weighted by molar-refractivity contribution is -0.0404. The Hall–Kier alpha value is -0.610. The van der Waals surface area contributed by atoms with Crippen molar-refractivity contribution in [2.45, 2.75) is 32.5 Å². The average Bonchev–Trinajstić information content (AvgIpc) is 2.33. The van der Waals surface area contributed by atoms with Crippen LogP contribution in [-0.4, -0.2) is 36.7 Å². The number of aryl methyl sites for hydroxylation is 1. The maximum Gasteiger partial charge on any atom is 0.0850 e. The van der Waals surface area contributed by atoms with Gasteiger partial charge in [0.25, 0.3) is 0 Å². The molecule has 1 saturated heterocycles. The maximum absolute atomic E-state index is 5.97. The lowest BCUT2D eigenvalue weighted by Crippen LogP contribution is -2.49. The van der Waals surface area contributed by atoms with Gasteiger partial charge in [-0.3, -0.25) is 4.90 Å². The Balaban J connectivity index is 2.00. The predicted octanol–water partition coefficient (Wildman–Crippen LogP) is 2.20. The van der Waals surface area contributed by atoms with E-state index < -0.39 is 0 Å². The zero-order valence-corrected chi connectivity index (χ0v) is 11.8. The minimum Gasteiger partial charge on any atom is -0.374 e. The summed E-state index contributed by atoms with van der Waals surface area (Å²) in [5, 5.41) is 0.798. The van der Waals surface area contributed by atoms with Crippen molar-refractivity contribution in [3.8, 4) is 0 Å². The number of rotatable bonds is 3. The molecule has 2 atom stereocenters. The average molecular weight is 269 g/mol. The van der Waals surface area contributed by atoms with Gasteiger partial charge in [-0.2, -0.15) is 0 Å². The van der Waals surface area contributed by atoms with Gasteiger partial charge >= 0.3 is 0 Å². The van der Waals surface area contributed by atoms with Gasteiger partial charge in [-0.1, -0.05) is 17.7 Å². The summed E-state index contributed by atoms with van der Waals surface area (Å²) in [7, 11) is 0. The van der Waals surface area contributed by atoms with Crippen LogP contribution in [0.5, 0.6) is 0 Å². The van der Waals surface area contributed by atoms with Crippen LogP contribution in [0.25, 0.3) is 0 Å². The third kappa shape index (κ3) is 3.45. The number of ether oxygens (including phenoxy) is 1. The molecule has 4 heteroatoms. The van der Waals surface area contributed by atoms with E-state index in [9.17, 15) is 0 Å². The molecular formula is C14H21ClN2O. The summed E-state index contributed by atoms with van der Waals surface area (Å²) in [4.78, 5) is 2.40. The third-order valence-electron chi connectivity index (χ3n) is 3.46. The zero-order valence-electron chi connectivity index (χ0n) is 11.0. The van der Waals surface area contributed by atoms with Crippen LogP contribution in [0.3, 0.4) is 0 Å². The van der Waals surface area contributed by atoms with E-state index in [1.54, 1.807) is 0 Å². The first-order chi connectivity index (χ1) is 8.56. The van der Waals surface area contributed by atoms with Crippen LogP contribution in [0.4, 0.5) is 0 Å². The molecule has 0 spiro atoms. The van der Waals surface area contributed by atoms with Crippen molar-refractivity contribution in [2.24, 2.45) is 5.73 Å². The second-order valence-corrected chi connectivity index (χ2v) is 5.51. The van der Waals surface area contributed by atoms with E-state index in [1.165, 1.54) is 11.1 Å². The molecule has 2 rings (SSSR count). The predicted molar refractivity (Wildman–Crippen MR) is 74.9 cm³/mol. The smallest absolute Gasteiger partial charge is 0.0850 e. The van der Waals surface area contributed by atoms with E-state index in [0.717, 1.165) is 31.3 Å². The highest BCUT2D eigenvalue weighted by atomic mass is 35.5. The Bertz CT molecular complexity index is 409. The molecule has 3 nitrogen and oxygen atoms in total. The topological polar surface area (TPSA) is 38.5 Å². The summed E-state index contributed by atoms with van der Waals surface area (Å²) in [6.45, 7) is 7.67. The van der Waals surface area contributed by atoms with Gasteiger partial charge in [0.05, 0.1) is 12.7 Å². The molecule has 18 heavy (non-hydrogen) atoms. The SMILES string of the molecule is Cc1cc(Cl)ccc1CN1CCOC(C(C)N)C1. The zero-order chi connectivity index (χ0) is 13.1. The first-order valence-corrected chi connectivity index (χ1v) is 6.78. The largest absolute Gasteiger partial charge is 0.374 e. The number of halogens is 1. The van der Waals surface area contributed by atoms with E-state index in [-0.39, 0.29) is 12.1 Å². The molecule has 0 bridgehead atoms. The van der Waals surface area contributed by atoms with E-state index in [4.69, 9.17) is 22.1 Å². The van der Waals surface area contributed by atoms with E-state index in [1.807, 2.05) is 19.1 Å². The quantitative estimate of drug-likeness (QED) is 0.913. The summed E-state index contributed by atoms with van der Waals surface area (Å²) in [5.41, 5.74) is 8.47. The van der Waals surface area contributed by atoms with Crippen molar-refractivity contribution in [3.63, 3.8) is 0 Å². The number of hydrogen-bond acceptors (Lipinski definition) is 3. The van der Waals surface area contributed by atoms with Crippen LogP contribution in [0.1, 0.15) is 18.1 Å². The fourth-order valence-corrected chi connectivity index (χ4v) is 2.50. The number of benzene rings is 1. The molecule has 2 unspecified atom stereocenters. The van der Waals surface area contributed by atoms with Crippen molar-refractivity contribution >= 4 is 11.6 Å². The second kappa shape index (κ2) is 6.02. The summed E-state index contributed by atoms with van der Waals surface area (Å²) < 4.78 is 5.67. The highest BCUT2D eigenvalue weighted by Crippen LogP contribution is 2.18. The number of nitrogens with two attached hydrogens (primary N) is 1. The van der Waals surface area contributed by atoms with Gasteiger partial charge in [0.2, 0.25) is 0 Å². The number of hydrogen-bond donors (Lipinski definition) is 1. The van der Waals surface area contributed by atoms with Crippen LogP contribution in [-0.2, 0) is 11.3 Å². The van der Waals surface area contributed by atoms with Gasteiger partial charge in [-0.05, 0) is 37.1 Å². The highest BCUT2D eigenvalue weighted by molar-refractivity contribution is 6.30. The molecule has 2 N–H and O–H groups in total. The van der Waals surface area contributed by atoms with Crippen LogP contribution in [0.2, 0.25) is 5.02 Å². The van der Waals surface area contributed by atoms with E-state index in [2.05, 4.69) is 17.9 Å². The molecule has 1 aromatic rings. The van der Waals surface area contributed by atoms with Crippen molar-refractivity contribution in [1.82, 2.24) is 4.90 Å². The molecule has 1 aliphatic rings. The van der Waals surface area contributed by atoms with Crippen molar-refractivity contribution in [1.29, 1.82) is 0 Å². The molecule has 0 aliphatic carbocycles. The number of morpholine rings is 1. The molecule has 1 heterocycles. The molecule has 100 valence electrons. The monoisotopic (exact) mass is 268 g/mol. The van der Waals surface area contributed by atoms with Gasteiger partial charge in [0.1, 0.15) is 0 Å². The fraction of sp³-hybridized carbons (Fsp3) is 0.571. The van der Waals surface area contributed by atoms with Gasteiger partial charge < -0.3 is 10.5 Å². The molecular weight excluding hydrogens is 248 g/mol. The van der Waals surface area contributed by atoms with Crippen molar-refractivity contribution in [2.75, 3.05) is 19.7 Å². The highest BCUT2D eigenvalue weighted by Gasteiger charge is 2.23. The molecule has 0 aromatic heterocycles. The minimum absolute atomic E-state index is 0.0825. The maximum atomic E-state index is 5.97. The summed E-state index contributed by atoms with van der Waals surface area (Å²) in [5.74, 6) is 0. The Morgan fingerprint density at radius 1 is 1.56 bits per heavy atom. The fourth-order valence-electron chi connectivity index (χ4n) is 2.27. The normalized spacial score (nSPS) is 23.0. The first kappa shape index (κ1) is 13.8. The Kier molecular flexibility index (Phi) is 4.62. The van der Waals surface area contributed by atoms with Gasteiger partial charge in [0.15, 0.2) is 0 Å². The molecule has 0 saturated carbocycles. The third-order valence-corrected chi connectivity index (χ3v) is 3.70. The molecule has 1 fully saturated rings. The second-order valence-electron chi connectivity index (χ2n) is 5.07. The van der Waals surface area contributed by atoms with Crippen molar-refractivity contribution < 1.29 is 4.74 Å². The van der Waals surface area contributed by atoms with Crippen LogP contribution in [0.15, 0.2) is 18.2 Å². The lowest BCUT2D eigenvalue weighted by atomic mass is 10.1. The van der Waals surface area contributed by atoms with E-state index >= 15 is 0 Å². The lowest BCUT2D eigenvalue weighted by Gasteiger charge is -2.35. The molecule has 0 radical (unpaired) electrons. The first-order valence-electron chi connectivity index (χ1n) is 6.41. The summed E-state index contributed by atoms with van der Waals surface area (Å²) >= 11 is 5.97. The molecule has 0 amide bonds. The van der Waals surface area contributed by atoms with Crippen LogP contribution >= 0.6 is 11.6 Å². The van der Waals surface area contributed by atoms with Gasteiger partial charge in [-0.25, -0.2) is 0 Å². The van der Waals surface area contributed by atoms with E-state index in [0.29, 0.717) is 0 Å². The summed E-state index contributed by atoms with van der Waals surface area (Å²) in [6.07, 6.45) is 0.145. The van der Waals surface area contributed by atoms with Gasteiger partial charge in [0, 0.05) is 30.7 Å². The van der Waals surface area contributed by atoms with Crippen LogP contribution < -0.4 is 5.73 Å². The number of nitrogens with zero attached hydrogens (tertiary/aromatic N) is 1. The van der Waals surface area contributed by atoms with Crippen LogP contribution in [0, 0.1) is 6.92 Å².